The summed E-state index contributed by atoms with van der Waals surface area (Å²) in [5.41, 5.74) is -0.177. The molecule has 1 aromatic carbocycles. The summed E-state index contributed by atoms with van der Waals surface area (Å²) in [6, 6.07) is 4.77. The molecule has 0 saturated carbocycles. The number of benzene rings is 1. The van der Waals surface area contributed by atoms with Crippen LogP contribution in [0.25, 0.3) is 11.3 Å². The second-order valence-electron chi connectivity index (χ2n) is 3.48. The Kier molecular flexibility index (Phi) is 3.61. The van der Waals surface area contributed by atoms with E-state index in [9.17, 15) is 13.2 Å². The summed E-state index contributed by atoms with van der Waals surface area (Å²) in [4.78, 5) is 4.38. The van der Waals surface area contributed by atoms with Gasteiger partial charge in [-0.05, 0) is 12.1 Å². The van der Waals surface area contributed by atoms with Crippen molar-refractivity contribution in [2.45, 2.75) is 12.8 Å². The summed E-state index contributed by atoms with van der Waals surface area (Å²) in [7, 11) is 0. The molecule has 18 heavy (non-hydrogen) atoms. The van der Waals surface area contributed by atoms with Gasteiger partial charge in [0.1, 0.15) is 0 Å². The Hall–Kier alpha value is -1.11. The van der Waals surface area contributed by atoms with Crippen LogP contribution in [0.5, 0.6) is 0 Å². The first-order valence-electron chi connectivity index (χ1n) is 4.85. The third kappa shape index (κ3) is 2.66. The predicted molar refractivity (Wildman–Crippen MR) is 63.5 cm³/mol. The van der Waals surface area contributed by atoms with Crippen molar-refractivity contribution < 1.29 is 18.3 Å². The zero-order valence-electron chi connectivity index (χ0n) is 8.83. The molecule has 1 aromatic heterocycles. The van der Waals surface area contributed by atoms with Crippen molar-refractivity contribution in [1.29, 1.82) is 0 Å². The van der Waals surface area contributed by atoms with Crippen LogP contribution in [0, 0.1) is 0 Å². The van der Waals surface area contributed by atoms with Crippen molar-refractivity contribution in [2.24, 2.45) is 0 Å². The molecule has 0 aliphatic carbocycles. The van der Waals surface area contributed by atoms with Gasteiger partial charge in [0.2, 0.25) is 0 Å². The number of alkyl halides is 3. The first-order chi connectivity index (χ1) is 8.41. The number of thiazole rings is 1. The molecule has 2 aromatic rings. The van der Waals surface area contributed by atoms with E-state index < -0.39 is 11.7 Å². The maximum absolute atomic E-state index is 12.6. The van der Waals surface area contributed by atoms with Crippen molar-refractivity contribution >= 4 is 22.9 Å². The number of aliphatic hydroxyl groups excluding tert-OH is 1. The Morgan fingerprint density at radius 3 is 2.67 bits per heavy atom. The molecule has 0 amide bonds. The van der Waals surface area contributed by atoms with Crippen molar-refractivity contribution in [3.63, 3.8) is 0 Å². The molecule has 0 aliphatic rings. The van der Waals surface area contributed by atoms with E-state index in [4.69, 9.17) is 16.7 Å². The van der Waals surface area contributed by atoms with Gasteiger partial charge in [-0.15, -0.1) is 11.3 Å². The van der Waals surface area contributed by atoms with Crippen LogP contribution in [-0.4, -0.2) is 10.1 Å². The predicted octanol–water partition coefficient (Wildman–Crippen LogP) is 3.97. The Morgan fingerprint density at radius 1 is 1.33 bits per heavy atom. The second kappa shape index (κ2) is 4.87. The molecule has 2 rings (SSSR count). The maximum atomic E-state index is 12.6. The van der Waals surface area contributed by atoms with Gasteiger partial charge in [-0.2, -0.15) is 13.2 Å². The molecule has 0 atom stereocenters. The monoisotopic (exact) mass is 293 g/mol. The van der Waals surface area contributed by atoms with Crippen molar-refractivity contribution in [1.82, 2.24) is 4.98 Å². The van der Waals surface area contributed by atoms with E-state index in [1.807, 2.05) is 0 Å². The highest BCUT2D eigenvalue weighted by Gasteiger charge is 2.30. The van der Waals surface area contributed by atoms with Crippen LogP contribution in [0.4, 0.5) is 13.2 Å². The fourth-order valence-corrected chi connectivity index (χ4v) is 2.53. The molecule has 0 radical (unpaired) electrons. The van der Waals surface area contributed by atoms with E-state index in [1.54, 1.807) is 0 Å². The number of hydrogen-bond acceptors (Lipinski definition) is 3. The first-order valence-corrected chi connectivity index (χ1v) is 6.05. The quantitative estimate of drug-likeness (QED) is 0.908. The van der Waals surface area contributed by atoms with E-state index in [1.165, 1.54) is 12.1 Å². The lowest BCUT2D eigenvalue weighted by Gasteiger charge is -2.08. The standard InChI is InChI=1S/C11H7ClF3NOS/c12-10-16-9(8(5-17)18-10)6-2-1-3-7(4-6)11(13,14)15/h1-4,17H,5H2. The molecule has 0 aliphatic heterocycles. The number of rotatable bonds is 2. The van der Waals surface area contributed by atoms with E-state index in [0.29, 0.717) is 10.6 Å². The van der Waals surface area contributed by atoms with E-state index in [-0.39, 0.29) is 16.6 Å². The van der Waals surface area contributed by atoms with Gasteiger partial charge < -0.3 is 5.11 Å². The molecule has 7 heteroatoms. The number of halogens is 4. The smallest absolute Gasteiger partial charge is 0.391 e. The largest absolute Gasteiger partial charge is 0.416 e. The van der Waals surface area contributed by atoms with Crippen LogP contribution in [0.1, 0.15) is 10.4 Å². The van der Waals surface area contributed by atoms with Crippen LogP contribution in [0.15, 0.2) is 24.3 Å². The minimum absolute atomic E-state index is 0.187. The highest BCUT2D eigenvalue weighted by molar-refractivity contribution is 7.16. The van der Waals surface area contributed by atoms with Gasteiger partial charge in [0.15, 0.2) is 4.47 Å². The summed E-state index contributed by atoms with van der Waals surface area (Å²) in [5.74, 6) is 0. The lowest BCUT2D eigenvalue weighted by molar-refractivity contribution is -0.137. The SMILES string of the molecule is OCc1sc(Cl)nc1-c1cccc(C(F)(F)F)c1. The number of nitrogens with zero attached hydrogens (tertiary/aromatic N) is 1. The number of aromatic nitrogens is 1. The fraction of sp³-hybridized carbons (Fsp3) is 0.182. The van der Waals surface area contributed by atoms with Gasteiger partial charge >= 0.3 is 6.18 Å². The Morgan fingerprint density at radius 2 is 2.06 bits per heavy atom. The van der Waals surface area contributed by atoms with Crippen LogP contribution >= 0.6 is 22.9 Å². The third-order valence-corrected chi connectivity index (χ3v) is 3.42. The van der Waals surface area contributed by atoms with Crippen molar-refractivity contribution in [2.75, 3.05) is 0 Å². The summed E-state index contributed by atoms with van der Waals surface area (Å²) < 4.78 is 37.9. The summed E-state index contributed by atoms with van der Waals surface area (Å²) in [5, 5.41) is 9.11. The zero-order valence-corrected chi connectivity index (χ0v) is 10.4. The Labute approximate surface area is 110 Å². The minimum atomic E-state index is -4.41. The van der Waals surface area contributed by atoms with Gasteiger partial charge in [0.05, 0.1) is 22.7 Å². The second-order valence-corrected chi connectivity index (χ2v) is 5.14. The summed E-state index contributed by atoms with van der Waals surface area (Å²) in [6.45, 7) is -0.310. The molecular formula is C11H7ClF3NOS. The molecule has 0 saturated heterocycles. The molecule has 0 bridgehead atoms. The molecule has 0 spiro atoms. The van der Waals surface area contributed by atoms with Crippen LogP contribution in [0.3, 0.4) is 0 Å². The molecule has 96 valence electrons. The summed E-state index contributed by atoms with van der Waals surface area (Å²) in [6.07, 6.45) is -4.41. The van der Waals surface area contributed by atoms with Gasteiger partial charge in [-0.25, -0.2) is 4.98 Å². The van der Waals surface area contributed by atoms with Crippen molar-refractivity contribution in [3.05, 3.63) is 39.2 Å². The highest BCUT2D eigenvalue weighted by atomic mass is 35.5. The highest BCUT2D eigenvalue weighted by Crippen LogP contribution is 2.35. The molecule has 1 N–H and O–H groups in total. The van der Waals surface area contributed by atoms with Crippen LogP contribution < -0.4 is 0 Å². The molecule has 2 nitrogen and oxygen atoms in total. The Balaban J connectivity index is 2.51. The van der Waals surface area contributed by atoms with E-state index in [0.717, 1.165) is 23.5 Å². The van der Waals surface area contributed by atoms with Crippen LogP contribution in [0.2, 0.25) is 4.47 Å². The maximum Gasteiger partial charge on any atom is 0.416 e. The van der Waals surface area contributed by atoms with Gasteiger partial charge in [0.25, 0.3) is 0 Å². The normalized spacial score (nSPS) is 11.8. The molecule has 1 heterocycles. The topological polar surface area (TPSA) is 33.1 Å². The third-order valence-electron chi connectivity index (χ3n) is 2.28. The lowest BCUT2D eigenvalue weighted by Crippen LogP contribution is -2.04. The van der Waals surface area contributed by atoms with Gasteiger partial charge in [-0.3, -0.25) is 0 Å². The minimum Gasteiger partial charge on any atom is -0.391 e. The number of aliphatic hydroxyl groups is 1. The molecule has 0 unspecified atom stereocenters. The molecular weight excluding hydrogens is 287 g/mol. The van der Waals surface area contributed by atoms with E-state index >= 15 is 0 Å². The Bertz CT molecular complexity index is 568. The van der Waals surface area contributed by atoms with Gasteiger partial charge in [0, 0.05) is 5.56 Å². The average molecular weight is 294 g/mol. The zero-order chi connectivity index (χ0) is 13.3. The first kappa shape index (κ1) is 13.3. The molecule has 0 fully saturated rings. The average Bonchev–Trinajstić information content (AvgIpc) is 2.69. The van der Waals surface area contributed by atoms with Crippen molar-refractivity contribution in [3.8, 4) is 11.3 Å². The summed E-state index contributed by atoms with van der Waals surface area (Å²) >= 11 is 6.74. The lowest BCUT2D eigenvalue weighted by atomic mass is 10.1. The number of hydrogen-bond donors (Lipinski definition) is 1. The van der Waals surface area contributed by atoms with E-state index in [2.05, 4.69) is 4.98 Å². The van der Waals surface area contributed by atoms with Crippen LogP contribution in [-0.2, 0) is 12.8 Å². The fourth-order valence-electron chi connectivity index (χ4n) is 1.50. The van der Waals surface area contributed by atoms with Gasteiger partial charge in [-0.1, -0.05) is 23.7 Å².